The van der Waals surface area contributed by atoms with E-state index < -0.39 is 17.7 Å². The van der Waals surface area contributed by atoms with E-state index in [1.165, 1.54) is 12.1 Å². The minimum atomic E-state index is -1.58. The first-order valence-electron chi connectivity index (χ1n) is 10.0. The molecule has 4 rings (SSSR count). The Morgan fingerprint density at radius 3 is 2.00 bits per heavy atom. The largest absolute Gasteiger partial charge is 0.478 e. The Bertz CT molecular complexity index is 1460. The quantitative estimate of drug-likeness (QED) is 0.419. The molecular formula is C26H19NO6. The standard InChI is InChI=1S/C26H19NO6/c1-26(33-25(27)32,22-11-10-21(24(30)31)18-7-3-4-8-19(18)22)23-16(14-29)12-15(13-28)17-6-2-5-9-20(17)23/h2-14H,1H3,(H2,27,32)(H,30,31). The summed E-state index contributed by atoms with van der Waals surface area (Å²) >= 11 is 0. The lowest BCUT2D eigenvalue weighted by Gasteiger charge is -2.33. The fourth-order valence-corrected chi connectivity index (χ4v) is 4.49. The Balaban J connectivity index is 2.18. The molecule has 0 aromatic heterocycles. The summed E-state index contributed by atoms with van der Waals surface area (Å²) in [6, 6.07) is 18.2. The zero-order valence-corrected chi connectivity index (χ0v) is 17.6. The van der Waals surface area contributed by atoms with Gasteiger partial charge in [-0.25, -0.2) is 9.59 Å². The molecule has 7 nitrogen and oxygen atoms in total. The maximum atomic E-state index is 12.1. The zero-order valence-electron chi connectivity index (χ0n) is 17.6. The van der Waals surface area contributed by atoms with Crippen molar-refractivity contribution in [2.75, 3.05) is 0 Å². The first kappa shape index (κ1) is 21.7. The smallest absolute Gasteiger partial charge is 0.405 e. The van der Waals surface area contributed by atoms with Gasteiger partial charge in [0.25, 0.3) is 0 Å². The highest BCUT2D eigenvalue weighted by atomic mass is 16.6. The molecule has 0 aliphatic rings. The van der Waals surface area contributed by atoms with Crippen LogP contribution in [0.25, 0.3) is 21.5 Å². The van der Waals surface area contributed by atoms with Crippen molar-refractivity contribution in [3.05, 3.63) is 94.5 Å². The van der Waals surface area contributed by atoms with Crippen molar-refractivity contribution in [2.45, 2.75) is 12.5 Å². The topological polar surface area (TPSA) is 124 Å². The molecule has 0 heterocycles. The number of hydrogen-bond acceptors (Lipinski definition) is 5. The van der Waals surface area contributed by atoms with Crippen LogP contribution in [-0.4, -0.2) is 29.7 Å². The van der Waals surface area contributed by atoms with Crippen molar-refractivity contribution < 1.29 is 29.0 Å². The van der Waals surface area contributed by atoms with Crippen molar-refractivity contribution in [1.82, 2.24) is 0 Å². The molecule has 3 N–H and O–H groups in total. The SMILES string of the molecule is CC(OC(N)=O)(c1ccc(C(=O)O)c2ccccc12)c1c(C=O)cc(C=O)c2ccccc12. The molecule has 33 heavy (non-hydrogen) atoms. The van der Waals surface area contributed by atoms with E-state index in [1.807, 2.05) is 0 Å². The molecule has 4 aromatic rings. The third-order valence-corrected chi connectivity index (χ3v) is 5.81. The van der Waals surface area contributed by atoms with Gasteiger partial charge >= 0.3 is 12.1 Å². The highest BCUT2D eigenvalue weighted by molar-refractivity contribution is 6.07. The number of carboxylic acid groups (broad SMARTS) is 1. The van der Waals surface area contributed by atoms with Crippen molar-refractivity contribution in [3.63, 3.8) is 0 Å². The number of primary amides is 1. The number of carbonyl (C=O) groups excluding carboxylic acids is 3. The van der Waals surface area contributed by atoms with Crippen LogP contribution in [0.5, 0.6) is 0 Å². The molecule has 164 valence electrons. The van der Waals surface area contributed by atoms with Gasteiger partial charge in [-0.3, -0.25) is 9.59 Å². The van der Waals surface area contributed by atoms with Gasteiger partial charge in [0, 0.05) is 22.3 Å². The fraction of sp³-hybridized carbons (Fsp3) is 0.0769. The average molecular weight is 441 g/mol. The number of aromatic carboxylic acids is 1. The maximum Gasteiger partial charge on any atom is 0.405 e. The zero-order chi connectivity index (χ0) is 23.8. The van der Waals surface area contributed by atoms with E-state index in [2.05, 4.69) is 0 Å². The molecule has 0 aliphatic heterocycles. The first-order valence-corrected chi connectivity index (χ1v) is 10.0. The van der Waals surface area contributed by atoms with Crippen LogP contribution in [0.1, 0.15) is 49.1 Å². The minimum absolute atomic E-state index is 0.0764. The summed E-state index contributed by atoms with van der Waals surface area (Å²) in [7, 11) is 0. The van der Waals surface area contributed by atoms with Gasteiger partial charge in [0.2, 0.25) is 0 Å². The van der Waals surface area contributed by atoms with Crippen LogP contribution in [0.3, 0.4) is 0 Å². The number of amides is 1. The Labute approximate surface area is 188 Å². The normalized spacial score (nSPS) is 12.8. The van der Waals surface area contributed by atoms with Crippen molar-refractivity contribution in [2.24, 2.45) is 5.73 Å². The van der Waals surface area contributed by atoms with Crippen LogP contribution in [0, 0.1) is 0 Å². The van der Waals surface area contributed by atoms with Gasteiger partial charge in [-0.05, 0) is 40.6 Å². The van der Waals surface area contributed by atoms with Gasteiger partial charge in [-0.15, -0.1) is 0 Å². The number of aldehydes is 2. The number of ether oxygens (including phenoxy) is 1. The molecule has 0 fully saturated rings. The molecule has 7 heteroatoms. The van der Waals surface area contributed by atoms with Crippen LogP contribution < -0.4 is 5.73 Å². The third-order valence-electron chi connectivity index (χ3n) is 5.81. The third kappa shape index (κ3) is 3.49. The lowest BCUT2D eigenvalue weighted by molar-refractivity contribution is 0.0605. The molecule has 1 unspecified atom stereocenters. The number of rotatable bonds is 6. The number of benzene rings is 4. The van der Waals surface area contributed by atoms with E-state index in [0.717, 1.165) is 0 Å². The van der Waals surface area contributed by atoms with Crippen LogP contribution in [-0.2, 0) is 10.3 Å². The summed E-state index contributed by atoms with van der Waals surface area (Å²) in [5.74, 6) is -1.11. The first-order chi connectivity index (χ1) is 15.8. The van der Waals surface area contributed by atoms with Crippen LogP contribution >= 0.6 is 0 Å². The number of carboxylic acids is 1. The lowest BCUT2D eigenvalue weighted by atomic mass is 9.79. The van der Waals surface area contributed by atoms with Gasteiger partial charge < -0.3 is 15.6 Å². The maximum absolute atomic E-state index is 12.1. The minimum Gasteiger partial charge on any atom is -0.478 e. The second-order valence-electron chi connectivity index (χ2n) is 7.68. The predicted molar refractivity (Wildman–Crippen MR) is 123 cm³/mol. The van der Waals surface area contributed by atoms with E-state index in [0.29, 0.717) is 50.8 Å². The molecule has 1 amide bonds. The number of carbonyl (C=O) groups is 4. The van der Waals surface area contributed by atoms with Gasteiger partial charge in [0.05, 0.1) is 5.56 Å². The average Bonchev–Trinajstić information content (AvgIpc) is 2.81. The van der Waals surface area contributed by atoms with Crippen molar-refractivity contribution in [1.29, 1.82) is 0 Å². The van der Waals surface area contributed by atoms with Crippen LogP contribution in [0.15, 0.2) is 66.7 Å². The molecule has 0 saturated heterocycles. The van der Waals surface area contributed by atoms with Gasteiger partial charge in [-0.2, -0.15) is 0 Å². The summed E-state index contributed by atoms with van der Waals surface area (Å²) in [6.07, 6.45) is 0.164. The lowest BCUT2D eigenvalue weighted by Crippen LogP contribution is -2.34. The summed E-state index contributed by atoms with van der Waals surface area (Å²) in [5.41, 5.74) is 5.19. The van der Waals surface area contributed by atoms with E-state index in [1.54, 1.807) is 61.5 Å². The summed E-state index contributed by atoms with van der Waals surface area (Å²) in [6.45, 7) is 1.59. The monoisotopic (exact) mass is 441 g/mol. The molecular weight excluding hydrogens is 422 g/mol. The predicted octanol–water partition coefficient (Wildman–Crippen LogP) is 4.68. The molecule has 0 aliphatic carbocycles. The molecule has 0 saturated carbocycles. The fourth-order valence-electron chi connectivity index (χ4n) is 4.49. The number of fused-ring (bicyclic) bond motifs is 2. The molecule has 1 atom stereocenters. The second kappa shape index (κ2) is 8.20. The van der Waals surface area contributed by atoms with Crippen molar-refractivity contribution >= 4 is 46.2 Å². The van der Waals surface area contributed by atoms with Crippen LogP contribution in [0.2, 0.25) is 0 Å². The van der Waals surface area contributed by atoms with Gasteiger partial charge in [0.15, 0.2) is 18.2 Å². The molecule has 0 radical (unpaired) electrons. The number of nitrogens with two attached hydrogens (primary N) is 1. The highest BCUT2D eigenvalue weighted by Gasteiger charge is 2.38. The number of hydrogen-bond donors (Lipinski definition) is 2. The van der Waals surface area contributed by atoms with Crippen molar-refractivity contribution in [3.8, 4) is 0 Å². The van der Waals surface area contributed by atoms with Gasteiger partial charge in [-0.1, -0.05) is 54.6 Å². The Kier molecular flexibility index (Phi) is 5.39. The van der Waals surface area contributed by atoms with E-state index in [-0.39, 0.29) is 11.1 Å². The van der Waals surface area contributed by atoms with Crippen LogP contribution in [0.4, 0.5) is 4.79 Å². The van der Waals surface area contributed by atoms with E-state index >= 15 is 0 Å². The Hall–Kier alpha value is -4.52. The Morgan fingerprint density at radius 2 is 1.42 bits per heavy atom. The molecule has 0 spiro atoms. The summed E-state index contributed by atoms with van der Waals surface area (Å²) in [4.78, 5) is 47.7. The summed E-state index contributed by atoms with van der Waals surface area (Å²) in [5, 5.41) is 11.7. The summed E-state index contributed by atoms with van der Waals surface area (Å²) < 4.78 is 5.69. The van der Waals surface area contributed by atoms with E-state index in [4.69, 9.17) is 10.5 Å². The molecule has 0 bridgehead atoms. The second-order valence-corrected chi connectivity index (χ2v) is 7.68. The van der Waals surface area contributed by atoms with E-state index in [9.17, 15) is 24.3 Å². The Morgan fingerprint density at radius 1 is 0.848 bits per heavy atom. The van der Waals surface area contributed by atoms with Gasteiger partial charge in [0.1, 0.15) is 0 Å². The molecule has 4 aromatic carbocycles. The highest BCUT2D eigenvalue weighted by Crippen LogP contribution is 2.43.